The van der Waals surface area contributed by atoms with Gasteiger partial charge < -0.3 is 10.3 Å². The van der Waals surface area contributed by atoms with Crippen LogP contribution in [0.1, 0.15) is 5.56 Å². The standard InChI is InChI=1S/C15H11ClFN3O/c1-8-2-4-10(17)7-11(8)14-19-15(21-20-14)9-3-5-13(18)12(16)6-9/h2-7H,18H2,1H3. The van der Waals surface area contributed by atoms with E-state index in [1.165, 1.54) is 12.1 Å². The van der Waals surface area contributed by atoms with Crippen LogP contribution in [0.5, 0.6) is 0 Å². The fourth-order valence-corrected chi connectivity index (χ4v) is 2.13. The SMILES string of the molecule is Cc1ccc(F)cc1-c1noc(-c2ccc(N)c(Cl)c2)n1. The number of halogens is 2. The molecule has 0 saturated heterocycles. The van der Waals surface area contributed by atoms with Gasteiger partial charge in [0.15, 0.2) is 0 Å². The molecule has 1 heterocycles. The highest BCUT2D eigenvalue weighted by Gasteiger charge is 2.14. The molecule has 2 aromatic carbocycles. The lowest BCUT2D eigenvalue weighted by molar-refractivity contribution is 0.432. The summed E-state index contributed by atoms with van der Waals surface area (Å²) < 4.78 is 18.6. The van der Waals surface area contributed by atoms with E-state index in [0.29, 0.717) is 33.6 Å². The van der Waals surface area contributed by atoms with Crippen LogP contribution in [0.4, 0.5) is 10.1 Å². The molecule has 0 saturated carbocycles. The molecule has 21 heavy (non-hydrogen) atoms. The lowest BCUT2D eigenvalue weighted by Crippen LogP contribution is -1.88. The van der Waals surface area contributed by atoms with Crippen LogP contribution in [0.2, 0.25) is 5.02 Å². The van der Waals surface area contributed by atoms with Crippen LogP contribution in [-0.4, -0.2) is 10.1 Å². The number of nitrogen functional groups attached to an aromatic ring is 1. The maximum atomic E-state index is 13.3. The van der Waals surface area contributed by atoms with Crippen LogP contribution < -0.4 is 5.73 Å². The quantitative estimate of drug-likeness (QED) is 0.724. The third-order valence-corrected chi connectivity index (χ3v) is 3.44. The summed E-state index contributed by atoms with van der Waals surface area (Å²) >= 11 is 5.97. The summed E-state index contributed by atoms with van der Waals surface area (Å²) in [6, 6.07) is 9.47. The van der Waals surface area contributed by atoms with Crippen molar-refractivity contribution in [3.05, 3.63) is 52.8 Å². The van der Waals surface area contributed by atoms with Crippen molar-refractivity contribution in [3.63, 3.8) is 0 Å². The first kappa shape index (κ1) is 13.6. The Kier molecular flexibility index (Phi) is 3.35. The second-order valence-electron chi connectivity index (χ2n) is 4.62. The summed E-state index contributed by atoms with van der Waals surface area (Å²) in [7, 11) is 0. The highest BCUT2D eigenvalue weighted by Crippen LogP contribution is 2.28. The van der Waals surface area contributed by atoms with Gasteiger partial charge in [0.1, 0.15) is 5.82 Å². The average Bonchev–Trinajstić information content (AvgIpc) is 2.94. The Morgan fingerprint density at radius 3 is 2.76 bits per heavy atom. The molecule has 0 bridgehead atoms. The van der Waals surface area contributed by atoms with Crippen LogP contribution in [0.15, 0.2) is 40.9 Å². The van der Waals surface area contributed by atoms with Crippen molar-refractivity contribution in [1.82, 2.24) is 10.1 Å². The highest BCUT2D eigenvalue weighted by atomic mass is 35.5. The Morgan fingerprint density at radius 2 is 2.00 bits per heavy atom. The van der Waals surface area contributed by atoms with Gasteiger partial charge in [-0.1, -0.05) is 22.8 Å². The third-order valence-electron chi connectivity index (χ3n) is 3.11. The molecule has 0 aliphatic carbocycles. The first-order chi connectivity index (χ1) is 10.0. The van der Waals surface area contributed by atoms with Crippen molar-refractivity contribution in [2.24, 2.45) is 0 Å². The number of hydrogen-bond acceptors (Lipinski definition) is 4. The van der Waals surface area contributed by atoms with Crippen molar-refractivity contribution >= 4 is 17.3 Å². The predicted molar refractivity (Wildman–Crippen MR) is 79.3 cm³/mol. The normalized spacial score (nSPS) is 10.8. The predicted octanol–water partition coefficient (Wildman–Crippen LogP) is 4.09. The number of nitrogens with two attached hydrogens (primary N) is 1. The van der Waals surface area contributed by atoms with Crippen LogP contribution in [-0.2, 0) is 0 Å². The lowest BCUT2D eigenvalue weighted by atomic mass is 10.1. The van der Waals surface area contributed by atoms with Gasteiger partial charge in [-0.15, -0.1) is 0 Å². The summed E-state index contributed by atoms with van der Waals surface area (Å²) in [4.78, 5) is 4.28. The van der Waals surface area contributed by atoms with Crippen LogP contribution >= 0.6 is 11.6 Å². The van der Waals surface area contributed by atoms with E-state index < -0.39 is 0 Å². The Labute approximate surface area is 125 Å². The number of hydrogen-bond donors (Lipinski definition) is 1. The zero-order valence-electron chi connectivity index (χ0n) is 11.1. The van der Waals surface area contributed by atoms with E-state index in [9.17, 15) is 4.39 Å². The molecule has 0 fully saturated rings. The fraction of sp³-hybridized carbons (Fsp3) is 0.0667. The molecule has 4 nitrogen and oxygen atoms in total. The minimum atomic E-state index is -0.350. The largest absolute Gasteiger partial charge is 0.398 e. The Hall–Kier alpha value is -2.40. The molecule has 0 unspecified atom stereocenters. The number of nitrogens with zero attached hydrogens (tertiary/aromatic N) is 2. The van der Waals surface area contributed by atoms with Crippen molar-refractivity contribution < 1.29 is 8.91 Å². The summed E-state index contributed by atoms with van der Waals surface area (Å²) in [5.74, 6) is 0.281. The molecule has 1 aromatic heterocycles. The minimum absolute atomic E-state index is 0.301. The molecule has 0 amide bonds. The monoisotopic (exact) mass is 303 g/mol. The zero-order chi connectivity index (χ0) is 15.0. The summed E-state index contributed by atoms with van der Waals surface area (Å²) in [5, 5.41) is 4.30. The molecule has 0 aliphatic heterocycles. The van der Waals surface area contributed by atoms with E-state index in [1.54, 1.807) is 24.3 Å². The van der Waals surface area contributed by atoms with Crippen LogP contribution in [0, 0.1) is 12.7 Å². The van der Waals surface area contributed by atoms with E-state index in [1.807, 2.05) is 6.92 Å². The Balaban J connectivity index is 2.03. The average molecular weight is 304 g/mol. The second kappa shape index (κ2) is 5.18. The molecular formula is C15H11ClFN3O. The van der Waals surface area contributed by atoms with E-state index in [0.717, 1.165) is 5.56 Å². The third kappa shape index (κ3) is 2.60. The minimum Gasteiger partial charge on any atom is -0.398 e. The molecule has 106 valence electrons. The number of anilines is 1. The molecule has 3 aromatic rings. The topological polar surface area (TPSA) is 64.9 Å². The first-order valence-corrected chi connectivity index (χ1v) is 6.58. The zero-order valence-corrected chi connectivity index (χ0v) is 11.9. The molecule has 0 aliphatic rings. The van der Waals surface area contributed by atoms with Gasteiger partial charge in [0, 0.05) is 11.1 Å². The van der Waals surface area contributed by atoms with Crippen molar-refractivity contribution in [1.29, 1.82) is 0 Å². The summed E-state index contributed by atoms with van der Waals surface area (Å²) in [6.07, 6.45) is 0. The summed E-state index contributed by atoms with van der Waals surface area (Å²) in [6.45, 7) is 1.85. The number of rotatable bonds is 2. The first-order valence-electron chi connectivity index (χ1n) is 6.20. The molecule has 0 atom stereocenters. The van der Waals surface area contributed by atoms with Gasteiger partial charge in [-0.25, -0.2) is 4.39 Å². The van der Waals surface area contributed by atoms with Gasteiger partial charge in [0.2, 0.25) is 5.82 Å². The Bertz CT molecular complexity index is 816. The highest BCUT2D eigenvalue weighted by molar-refractivity contribution is 6.33. The second-order valence-corrected chi connectivity index (χ2v) is 5.03. The van der Waals surface area contributed by atoms with Crippen molar-refractivity contribution in [3.8, 4) is 22.8 Å². The maximum Gasteiger partial charge on any atom is 0.258 e. The van der Waals surface area contributed by atoms with E-state index in [2.05, 4.69) is 10.1 Å². The van der Waals surface area contributed by atoms with Gasteiger partial charge in [-0.05, 0) is 42.8 Å². The Morgan fingerprint density at radius 1 is 1.19 bits per heavy atom. The van der Waals surface area contributed by atoms with Crippen LogP contribution in [0.3, 0.4) is 0 Å². The van der Waals surface area contributed by atoms with Gasteiger partial charge in [0.25, 0.3) is 5.89 Å². The molecule has 3 rings (SSSR count). The van der Waals surface area contributed by atoms with Crippen LogP contribution in [0.25, 0.3) is 22.8 Å². The summed E-state index contributed by atoms with van der Waals surface area (Å²) in [5.41, 5.74) is 8.24. The molecular weight excluding hydrogens is 293 g/mol. The molecule has 6 heteroatoms. The molecule has 0 spiro atoms. The molecule has 0 radical (unpaired) electrons. The van der Waals surface area contributed by atoms with Gasteiger partial charge in [-0.3, -0.25) is 0 Å². The maximum absolute atomic E-state index is 13.3. The van der Waals surface area contributed by atoms with Crippen molar-refractivity contribution in [2.45, 2.75) is 6.92 Å². The van der Waals surface area contributed by atoms with E-state index in [4.69, 9.17) is 21.9 Å². The van der Waals surface area contributed by atoms with Gasteiger partial charge in [-0.2, -0.15) is 4.98 Å². The van der Waals surface area contributed by atoms with Crippen molar-refractivity contribution in [2.75, 3.05) is 5.73 Å². The van der Waals surface area contributed by atoms with E-state index in [-0.39, 0.29) is 5.82 Å². The number of aromatic nitrogens is 2. The lowest BCUT2D eigenvalue weighted by Gasteiger charge is -2.00. The number of aryl methyl sites for hydroxylation is 1. The van der Waals surface area contributed by atoms with E-state index >= 15 is 0 Å². The van der Waals surface area contributed by atoms with Gasteiger partial charge >= 0.3 is 0 Å². The fourth-order valence-electron chi connectivity index (χ4n) is 1.95. The number of benzene rings is 2. The smallest absolute Gasteiger partial charge is 0.258 e. The van der Waals surface area contributed by atoms with Gasteiger partial charge in [0.05, 0.1) is 10.7 Å². The molecule has 2 N–H and O–H groups in total.